The highest BCUT2D eigenvalue weighted by Crippen LogP contribution is 1.82. The van der Waals surface area contributed by atoms with E-state index >= 15 is 0 Å². The summed E-state index contributed by atoms with van der Waals surface area (Å²) in [4.78, 5) is 55.7. The molecule has 0 saturated heterocycles. The lowest BCUT2D eigenvalue weighted by Gasteiger charge is -2.14. The highest BCUT2D eigenvalue weighted by Gasteiger charge is 2.16. The molecule has 11 heteroatoms. The molecule has 0 aliphatic carbocycles. The van der Waals surface area contributed by atoms with Crippen LogP contribution < -0.4 is 27.0 Å². The molecule has 2 atom stereocenters. The molecule has 0 aromatic heterocycles. The lowest BCUT2D eigenvalue weighted by molar-refractivity contribution is -0.138. The highest BCUT2D eigenvalue weighted by atomic mass is 16.4. The van der Waals surface area contributed by atoms with Crippen molar-refractivity contribution in [3.8, 4) is 0 Å². The average Bonchev–Trinajstić information content (AvgIpc) is 2.47. The molecule has 11 nitrogen and oxygen atoms in total. The van der Waals surface area contributed by atoms with Crippen LogP contribution in [0.4, 0.5) is 0 Å². The zero-order valence-electron chi connectivity index (χ0n) is 12.8. The van der Waals surface area contributed by atoms with E-state index in [1.54, 1.807) is 0 Å². The molecule has 0 bridgehead atoms. The number of hydrogen-bond acceptors (Lipinski definition) is 6. The Balaban J connectivity index is 4.01. The van der Waals surface area contributed by atoms with Crippen LogP contribution in [0.25, 0.3) is 0 Å². The lowest BCUT2D eigenvalue weighted by atomic mass is 10.3. The standard InChI is InChI=1S/C12H21N5O6/c1-6(13)11(22)15-3-8(18)14-4-9(19)17-7(2)12(23)16-5-10(20)21/h6-7H,3-5,13H2,1-2H3,(H,14,18)(H,15,22)(H,16,23)(H,17,19)(H,20,21)/t6-,7-/m0/s1. The van der Waals surface area contributed by atoms with Gasteiger partial charge in [0.05, 0.1) is 19.1 Å². The molecule has 0 rings (SSSR count). The number of nitrogens with one attached hydrogen (secondary N) is 4. The Morgan fingerprint density at radius 1 is 0.870 bits per heavy atom. The van der Waals surface area contributed by atoms with E-state index in [0.29, 0.717) is 0 Å². The SMILES string of the molecule is C[C@H](N)C(=O)NCC(=O)NCC(=O)N[C@@H](C)C(=O)NCC(=O)O. The molecule has 0 aliphatic heterocycles. The molecule has 0 heterocycles. The number of carbonyl (C=O) groups excluding carboxylic acids is 4. The van der Waals surface area contributed by atoms with Crippen molar-refractivity contribution < 1.29 is 29.1 Å². The predicted octanol–water partition coefficient (Wildman–Crippen LogP) is -3.73. The average molecular weight is 331 g/mol. The van der Waals surface area contributed by atoms with Gasteiger partial charge in [0, 0.05) is 0 Å². The molecule has 0 aromatic carbocycles. The van der Waals surface area contributed by atoms with Gasteiger partial charge >= 0.3 is 5.97 Å². The van der Waals surface area contributed by atoms with E-state index in [9.17, 15) is 24.0 Å². The maximum atomic E-state index is 11.5. The van der Waals surface area contributed by atoms with Crippen molar-refractivity contribution in [2.24, 2.45) is 5.73 Å². The summed E-state index contributed by atoms with van der Waals surface area (Å²) in [5.41, 5.74) is 5.29. The van der Waals surface area contributed by atoms with E-state index in [4.69, 9.17) is 10.8 Å². The van der Waals surface area contributed by atoms with E-state index in [0.717, 1.165) is 0 Å². The minimum atomic E-state index is -1.21. The number of aliphatic carboxylic acids is 1. The minimum absolute atomic E-state index is 0.331. The number of nitrogens with two attached hydrogens (primary N) is 1. The van der Waals surface area contributed by atoms with Crippen molar-refractivity contribution >= 4 is 29.6 Å². The van der Waals surface area contributed by atoms with Crippen LogP contribution in [-0.2, 0) is 24.0 Å². The highest BCUT2D eigenvalue weighted by molar-refractivity contribution is 5.92. The fourth-order valence-electron chi connectivity index (χ4n) is 1.24. The van der Waals surface area contributed by atoms with Crippen LogP contribution in [0.2, 0.25) is 0 Å². The quantitative estimate of drug-likeness (QED) is 0.251. The molecule has 0 saturated carbocycles. The number of carboxylic acid groups (broad SMARTS) is 1. The summed E-state index contributed by atoms with van der Waals surface area (Å²) in [5, 5.41) is 17.3. The zero-order chi connectivity index (χ0) is 18.0. The van der Waals surface area contributed by atoms with E-state index < -0.39 is 54.8 Å². The second-order valence-corrected chi connectivity index (χ2v) is 4.68. The van der Waals surface area contributed by atoms with Crippen molar-refractivity contribution in [2.45, 2.75) is 25.9 Å². The molecule has 130 valence electrons. The monoisotopic (exact) mass is 331 g/mol. The van der Waals surface area contributed by atoms with Crippen molar-refractivity contribution in [2.75, 3.05) is 19.6 Å². The second kappa shape index (κ2) is 10.1. The third kappa shape index (κ3) is 9.79. The molecule has 0 unspecified atom stereocenters. The van der Waals surface area contributed by atoms with Gasteiger partial charge in [-0.2, -0.15) is 0 Å². The van der Waals surface area contributed by atoms with Crippen LogP contribution in [0.5, 0.6) is 0 Å². The van der Waals surface area contributed by atoms with Gasteiger partial charge in [-0.1, -0.05) is 0 Å². The van der Waals surface area contributed by atoms with Crippen LogP contribution in [0.3, 0.4) is 0 Å². The number of amides is 4. The number of hydrogen-bond donors (Lipinski definition) is 6. The minimum Gasteiger partial charge on any atom is -0.480 e. The molecule has 4 amide bonds. The zero-order valence-corrected chi connectivity index (χ0v) is 12.8. The summed E-state index contributed by atoms with van der Waals surface area (Å²) in [5.74, 6) is -3.63. The molecular formula is C12H21N5O6. The van der Waals surface area contributed by atoms with Gasteiger partial charge in [0.15, 0.2) is 0 Å². The third-order valence-electron chi connectivity index (χ3n) is 2.47. The van der Waals surface area contributed by atoms with Gasteiger partial charge in [-0.3, -0.25) is 24.0 Å². The van der Waals surface area contributed by atoms with Crippen LogP contribution in [-0.4, -0.2) is 66.4 Å². The van der Waals surface area contributed by atoms with Gasteiger partial charge in [0.25, 0.3) is 0 Å². The van der Waals surface area contributed by atoms with E-state index in [1.807, 2.05) is 0 Å². The van der Waals surface area contributed by atoms with Crippen LogP contribution in [0.15, 0.2) is 0 Å². The van der Waals surface area contributed by atoms with Crippen LogP contribution in [0, 0.1) is 0 Å². The lowest BCUT2D eigenvalue weighted by Crippen LogP contribution is -2.50. The first-order chi connectivity index (χ1) is 10.6. The Kier molecular flexibility index (Phi) is 8.92. The Morgan fingerprint density at radius 3 is 1.91 bits per heavy atom. The third-order valence-corrected chi connectivity index (χ3v) is 2.47. The fourth-order valence-corrected chi connectivity index (χ4v) is 1.24. The van der Waals surface area contributed by atoms with Gasteiger partial charge in [-0.25, -0.2) is 0 Å². The summed E-state index contributed by atoms with van der Waals surface area (Å²) in [6, 6.07) is -1.71. The summed E-state index contributed by atoms with van der Waals surface area (Å²) in [7, 11) is 0. The summed E-state index contributed by atoms with van der Waals surface area (Å²) >= 11 is 0. The second-order valence-electron chi connectivity index (χ2n) is 4.68. The van der Waals surface area contributed by atoms with Crippen LogP contribution >= 0.6 is 0 Å². The predicted molar refractivity (Wildman–Crippen MR) is 77.9 cm³/mol. The maximum Gasteiger partial charge on any atom is 0.322 e. The van der Waals surface area contributed by atoms with Gasteiger partial charge in [-0.05, 0) is 13.8 Å². The van der Waals surface area contributed by atoms with Crippen molar-refractivity contribution in [1.82, 2.24) is 21.3 Å². The summed E-state index contributed by atoms with van der Waals surface area (Å²) in [6.07, 6.45) is 0. The summed E-state index contributed by atoms with van der Waals surface area (Å²) in [6.45, 7) is 1.53. The first-order valence-corrected chi connectivity index (χ1v) is 6.72. The van der Waals surface area contributed by atoms with Crippen molar-refractivity contribution in [3.05, 3.63) is 0 Å². The smallest absolute Gasteiger partial charge is 0.322 e. The topological polar surface area (TPSA) is 180 Å². The molecule has 0 fully saturated rings. The van der Waals surface area contributed by atoms with Crippen molar-refractivity contribution in [3.63, 3.8) is 0 Å². The van der Waals surface area contributed by atoms with Crippen molar-refractivity contribution in [1.29, 1.82) is 0 Å². The number of carbonyl (C=O) groups is 5. The Morgan fingerprint density at radius 2 is 1.39 bits per heavy atom. The largest absolute Gasteiger partial charge is 0.480 e. The molecule has 0 radical (unpaired) electrons. The van der Waals surface area contributed by atoms with E-state index in [1.165, 1.54) is 13.8 Å². The summed E-state index contributed by atoms with van der Waals surface area (Å²) < 4.78 is 0. The molecule has 7 N–H and O–H groups in total. The first-order valence-electron chi connectivity index (χ1n) is 6.72. The van der Waals surface area contributed by atoms with E-state index in [2.05, 4.69) is 21.3 Å². The maximum absolute atomic E-state index is 11.5. The fraction of sp³-hybridized carbons (Fsp3) is 0.583. The molecule has 23 heavy (non-hydrogen) atoms. The number of carboxylic acids is 1. The Bertz CT molecular complexity index is 479. The van der Waals surface area contributed by atoms with E-state index in [-0.39, 0.29) is 6.54 Å². The normalized spacial score (nSPS) is 12.5. The molecular weight excluding hydrogens is 310 g/mol. The number of rotatable bonds is 9. The van der Waals surface area contributed by atoms with Crippen LogP contribution in [0.1, 0.15) is 13.8 Å². The Labute approximate surface area is 132 Å². The first kappa shape index (κ1) is 20.3. The van der Waals surface area contributed by atoms with Gasteiger partial charge in [0.1, 0.15) is 12.6 Å². The van der Waals surface area contributed by atoms with Gasteiger partial charge < -0.3 is 32.1 Å². The Hall–Kier alpha value is -2.69. The molecule has 0 aromatic rings. The van der Waals surface area contributed by atoms with Gasteiger partial charge in [0.2, 0.25) is 23.6 Å². The molecule has 0 aliphatic rings. The molecule has 0 spiro atoms. The van der Waals surface area contributed by atoms with Gasteiger partial charge in [-0.15, -0.1) is 0 Å².